The maximum absolute atomic E-state index is 11.9. The number of hydrogen-bond acceptors (Lipinski definition) is 4. The smallest absolute Gasteiger partial charge is 0.252 e. The van der Waals surface area contributed by atoms with E-state index in [1.54, 1.807) is 11.7 Å². The van der Waals surface area contributed by atoms with Crippen molar-refractivity contribution >= 4 is 23.0 Å². The first-order valence-electron chi connectivity index (χ1n) is 7.17. The van der Waals surface area contributed by atoms with Crippen LogP contribution < -0.4 is 10.3 Å². The van der Waals surface area contributed by atoms with Crippen molar-refractivity contribution in [3.63, 3.8) is 0 Å². The average Bonchev–Trinajstić information content (AvgIpc) is 2.56. The van der Waals surface area contributed by atoms with Crippen LogP contribution in [0.2, 0.25) is 0 Å². The summed E-state index contributed by atoms with van der Waals surface area (Å²) >= 11 is 5.24. The van der Waals surface area contributed by atoms with Crippen molar-refractivity contribution in [1.82, 2.24) is 9.55 Å². The minimum atomic E-state index is -0.265. The van der Waals surface area contributed by atoms with Gasteiger partial charge in [-0.3, -0.25) is 9.78 Å². The van der Waals surface area contributed by atoms with Crippen LogP contribution in [0.3, 0.4) is 0 Å². The normalized spacial score (nSPS) is 10.9. The minimum Gasteiger partial charge on any atom is -0.496 e. The molecule has 3 rings (SSSR count). The summed E-state index contributed by atoms with van der Waals surface area (Å²) in [5.74, 6) is 0.765. The fraction of sp³-hybridized carbons (Fsp3) is 0.176. The molecular weight excluding hydrogens is 312 g/mol. The highest BCUT2D eigenvalue weighted by Gasteiger charge is 2.12. The molecule has 5 nitrogen and oxygen atoms in total. The molecule has 118 valence electrons. The van der Waals surface area contributed by atoms with Crippen molar-refractivity contribution in [1.29, 1.82) is 0 Å². The SMILES string of the molecule is COc1ccc(-c2cc(=O)[nH]c(=S)n2CCO)c2ccccc12. The van der Waals surface area contributed by atoms with E-state index in [4.69, 9.17) is 17.0 Å². The lowest BCUT2D eigenvalue weighted by molar-refractivity contribution is 0.275. The Morgan fingerprint density at radius 3 is 2.65 bits per heavy atom. The topological polar surface area (TPSA) is 67.2 Å². The van der Waals surface area contributed by atoms with Crippen LogP contribution in [0.5, 0.6) is 5.75 Å². The predicted molar refractivity (Wildman–Crippen MR) is 92.5 cm³/mol. The first kappa shape index (κ1) is 15.5. The Bertz CT molecular complexity index is 975. The number of nitrogens with one attached hydrogen (secondary N) is 1. The highest BCUT2D eigenvalue weighted by atomic mass is 32.1. The van der Waals surface area contributed by atoms with Gasteiger partial charge in [0.2, 0.25) is 0 Å². The Kier molecular flexibility index (Phi) is 4.27. The highest BCUT2D eigenvalue weighted by Crippen LogP contribution is 2.33. The second kappa shape index (κ2) is 6.36. The van der Waals surface area contributed by atoms with Crippen LogP contribution in [-0.4, -0.2) is 28.4 Å². The fourth-order valence-electron chi connectivity index (χ4n) is 2.74. The van der Waals surface area contributed by atoms with Gasteiger partial charge >= 0.3 is 0 Å². The molecule has 0 aliphatic heterocycles. The molecule has 6 heteroatoms. The number of hydrogen-bond donors (Lipinski definition) is 2. The number of aromatic amines is 1. The average molecular weight is 328 g/mol. The lowest BCUT2D eigenvalue weighted by Crippen LogP contribution is -2.16. The Labute approximate surface area is 137 Å². The zero-order valence-electron chi connectivity index (χ0n) is 12.6. The number of benzene rings is 2. The van der Waals surface area contributed by atoms with Crippen LogP contribution in [-0.2, 0) is 6.54 Å². The van der Waals surface area contributed by atoms with E-state index in [0.29, 0.717) is 17.0 Å². The number of fused-ring (bicyclic) bond motifs is 1. The third kappa shape index (κ3) is 2.78. The summed E-state index contributed by atoms with van der Waals surface area (Å²) in [5, 5.41) is 11.2. The molecule has 0 unspecified atom stereocenters. The zero-order chi connectivity index (χ0) is 16.4. The van der Waals surface area contributed by atoms with Gasteiger partial charge in [0.1, 0.15) is 5.75 Å². The summed E-state index contributed by atoms with van der Waals surface area (Å²) in [6.45, 7) is 0.243. The number of aliphatic hydroxyl groups is 1. The first-order valence-corrected chi connectivity index (χ1v) is 7.57. The van der Waals surface area contributed by atoms with Crippen molar-refractivity contribution in [2.24, 2.45) is 0 Å². The van der Waals surface area contributed by atoms with Gasteiger partial charge in [0.05, 0.1) is 19.4 Å². The van der Waals surface area contributed by atoms with Gasteiger partial charge in [-0.15, -0.1) is 0 Å². The Hall–Kier alpha value is -2.44. The zero-order valence-corrected chi connectivity index (χ0v) is 13.4. The van der Waals surface area contributed by atoms with Gasteiger partial charge in [0.15, 0.2) is 4.77 Å². The molecule has 2 aromatic carbocycles. The molecular formula is C17H16N2O3S. The van der Waals surface area contributed by atoms with Crippen molar-refractivity contribution in [3.05, 3.63) is 57.6 Å². The van der Waals surface area contributed by atoms with Crippen molar-refractivity contribution < 1.29 is 9.84 Å². The first-order chi connectivity index (χ1) is 11.2. The third-order valence-electron chi connectivity index (χ3n) is 3.74. The summed E-state index contributed by atoms with van der Waals surface area (Å²) in [4.78, 5) is 14.5. The molecule has 0 saturated carbocycles. The number of methoxy groups -OCH3 is 1. The Balaban J connectivity index is 2.38. The lowest BCUT2D eigenvalue weighted by Gasteiger charge is -2.15. The van der Waals surface area contributed by atoms with E-state index in [1.165, 1.54) is 6.07 Å². The van der Waals surface area contributed by atoms with Gasteiger partial charge in [-0.1, -0.05) is 24.3 Å². The van der Waals surface area contributed by atoms with Gasteiger partial charge in [-0.05, 0) is 29.7 Å². The standard InChI is InChI=1S/C17H16N2O3S/c1-22-15-7-6-12(11-4-2-3-5-13(11)15)14-10-16(21)18-17(23)19(14)8-9-20/h2-7,10,20H,8-9H2,1H3,(H,18,21,23). The molecule has 0 bridgehead atoms. The number of ether oxygens (including phenoxy) is 1. The highest BCUT2D eigenvalue weighted by molar-refractivity contribution is 7.71. The Morgan fingerprint density at radius 1 is 1.22 bits per heavy atom. The molecule has 23 heavy (non-hydrogen) atoms. The summed E-state index contributed by atoms with van der Waals surface area (Å²) in [6, 6.07) is 13.1. The third-order valence-corrected chi connectivity index (χ3v) is 4.06. The second-order valence-electron chi connectivity index (χ2n) is 5.06. The molecule has 0 radical (unpaired) electrons. The van der Waals surface area contributed by atoms with Crippen LogP contribution in [0.4, 0.5) is 0 Å². The minimum absolute atomic E-state index is 0.0680. The van der Waals surface area contributed by atoms with E-state index in [0.717, 1.165) is 22.1 Å². The molecule has 0 amide bonds. The number of aromatic nitrogens is 2. The summed E-state index contributed by atoms with van der Waals surface area (Å²) in [5.41, 5.74) is 1.28. The summed E-state index contributed by atoms with van der Waals surface area (Å²) in [6.07, 6.45) is 0. The van der Waals surface area contributed by atoms with Crippen LogP contribution in [0, 0.1) is 4.77 Å². The van der Waals surface area contributed by atoms with Gasteiger partial charge in [-0.2, -0.15) is 0 Å². The van der Waals surface area contributed by atoms with Crippen molar-refractivity contribution in [2.45, 2.75) is 6.54 Å². The predicted octanol–water partition coefficient (Wildman–Crippen LogP) is 2.73. The summed E-state index contributed by atoms with van der Waals surface area (Å²) in [7, 11) is 1.63. The largest absolute Gasteiger partial charge is 0.496 e. The molecule has 1 heterocycles. The lowest BCUT2D eigenvalue weighted by atomic mass is 10.0. The molecule has 0 spiro atoms. The number of nitrogens with zero attached hydrogens (tertiary/aromatic N) is 1. The maximum Gasteiger partial charge on any atom is 0.252 e. The van der Waals surface area contributed by atoms with E-state index in [9.17, 15) is 9.90 Å². The van der Waals surface area contributed by atoms with Gasteiger partial charge in [0.25, 0.3) is 5.56 Å². The molecule has 0 aliphatic carbocycles. The van der Waals surface area contributed by atoms with Crippen LogP contribution in [0.1, 0.15) is 0 Å². The molecule has 1 aromatic heterocycles. The molecule has 3 aromatic rings. The van der Waals surface area contributed by atoms with Crippen LogP contribution >= 0.6 is 12.2 Å². The van der Waals surface area contributed by atoms with E-state index < -0.39 is 0 Å². The van der Waals surface area contributed by atoms with Crippen LogP contribution in [0.25, 0.3) is 22.0 Å². The van der Waals surface area contributed by atoms with Gasteiger partial charge in [0, 0.05) is 23.6 Å². The van der Waals surface area contributed by atoms with Crippen molar-refractivity contribution in [2.75, 3.05) is 13.7 Å². The van der Waals surface area contributed by atoms with Gasteiger partial charge < -0.3 is 14.4 Å². The molecule has 0 fully saturated rings. The van der Waals surface area contributed by atoms with E-state index in [1.807, 2.05) is 36.4 Å². The molecule has 0 aliphatic rings. The van der Waals surface area contributed by atoms with E-state index >= 15 is 0 Å². The molecule has 0 saturated heterocycles. The second-order valence-corrected chi connectivity index (χ2v) is 5.45. The quantitative estimate of drug-likeness (QED) is 0.723. The number of H-pyrrole nitrogens is 1. The molecule has 0 atom stereocenters. The van der Waals surface area contributed by atoms with Crippen molar-refractivity contribution in [3.8, 4) is 17.0 Å². The summed E-state index contributed by atoms with van der Waals surface area (Å²) < 4.78 is 7.43. The number of aliphatic hydroxyl groups excluding tert-OH is 1. The Morgan fingerprint density at radius 2 is 1.96 bits per heavy atom. The monoisotopic (exact) mass is 328 g/mol. The maximum atomic E-state index is 11.9. The fourth-order valence-corrected chi connectivity index (χ4v) is 3.03. The molecule has 2 N–H and O–H groups in total. The number of rotatable bonds is 4. The van der Waals surface area contributed by atoms with E-state index in [-0.39, 0.29) is 12.2 Å². The van der Waals surface area contributed by atoms with E-state index in [2.05, 4.69) is 4.98 Å². The van der Waals surface area contributed by atoms with Gasteiger partial charge in [-0.25, -0.2) is 0 Å². The van der Waals surface area contributed by atoms with Crippen LogP contribution in [0.15, 0.2) is 47.3 Å².